The molecule has 0 spiro atoms. The van der Waals surface area contributed by atoms with Crippen LogP contribution in [0.25, 0.3) is 0 Å². The molecule has 0 unspecified atom stereocenters. The van der Waals surface area contributed by atoms with E-state index >= 15 is 0 Å². The average Bonchev–Trinajstić information content (AvgIpc) is 2.40. The van der Waals surface area contributed by atoms with Crippen LogP contribution in [-0.2, 0) is 11.2 Å². The van der Waals surface area contributed by atoms with Gasteiger partial charge in [0, 0.05) is 25.1 Å². The molecule has 0 radical (unpaired) electrons. The van der Waals surface area contributed by atoms with E-state index in [1.165, 1.54) is 0 Å². The molecule has 0 aromatic heterocycles. The summed E-state index contributed by atoms with van der Waals surface area (Å²) in [4.78, 5) is 11.7. The van der Waals surface area contributed by atoms with Gasteiger partial charge in [-0.1, -0.05) is 30.4 Å². The molecule has 2 rings (SSSR count). The molecule has 3 N–H and O–H groups in total. The maximum Gasteiger partial charge on any atom is 0.257 e. The predicted molar refractivity (Wildman–Crippen MR) is 79.7 cm³/mol. The Morgan fingerprint density at radius 1 is 1.43 bits per heavy atom. The normalized spacial score (nSPS) is 15.1. The largest absolute Gasteiger partial charge is 0.511 e. The quantitative estimate of drug-likeness (QED) is 0.748. The first-order valence-corrected chi connectivity index (χ1v) is 6.77. The third-order valence-electron chi connectivity index (χ3n) is 3.03. The Balaban J connectivity index is 2.22. The standard InChI is InChI=1S/C14H14F2N2O2S/c15-11(16)7-8-3-1-2-4-9(8)18-14(21)12-10(19)5-6-17-13(12)20/h1-4,11,19H,5-7H2,(H,17,20)(H,18,21). The Morgan fingerprint density at radius 2 is 2.14 bits per heavy atom. The molecule has 1 aliphatic rings. The first-order valence-electron chi connectivity index (χ1n) is 6.36. The summed E-state index contributed by atoms with van der Waals surface area (Å²) in [5.74, 6) is -0.565. The summed E-state index contributed by atoms with van der Waals surface area (Å²) in [6.45, 7) is 0.346. The van der Waals surface area contributed by atoms with Crippen LogP contribution in [-0.4, -0.2) is 29.0 Å². The molecule has 112 valence electrons. The second-order valence-corrected chi connectivity index (χ2v) is 4.94. The monoisotopic (exact) mass is 312 g/mol. The van der Waals surface area contributed by atoms with Gasteiger partial charge >= 0.3 is 0 Å². The molecule has 0 fully saturated rings. The summed E-state index contributed by atoms with van der Waals surface area (Å²) in [7, 11) is 0. The fourth-order valence-electron chi connectivity index (χ4n) is 2.04. The third-order valence-corrected chi connectivity index (χ3v) is 3.34. The van der Waals surface area contributed by atoms with Crippen LogP contribution in [0.1, 0.15) is 12.0 Å². The molecule has 1 amide bonds. The smallest absolute Gasteiger partial charge is 0.257 e. The minimum atomic E-state index is -2.48. The number of halogens is 2. The van der Waals surface area contributed by atoms with Gasteiger partial charge in [0.05, 0.1) is 0 Å². The van der Waals surface area contributed by atoms with Crippen LogP contribution in [0.3, 0.4) is 0 Å². The van der Waals surface area contributed by atoms with Crippen molar-refractivity contribution in [3.8, 4) is 0 Å². The Kier molecular flexibility index (Phi) is 4.85. The number of aliphatic hydroxyl groups excluding tert-OH is 1. The number of para-hydroxylation sites is 1. The predicted octanol–water partition coefficient (Wildman–Crippen LogP) is 2.57. The number of alkyl halides is 2. The number of thiocarbonyl (C=S) groups is 1. The number of anilines is 1. The van der Waals surface area contributed by atoms with Crippen molar-refractivity contribution in [3.05, 3.63) is 41.2 Å². The summed E-state index contributed by atoms with van der Waals surface area (Å²) >= 11 is 5.11. The number of rotatable bonds is 4. The van der Waals surface area contributed by atoms with Crippen molar-refractivity contribution >= 4 is 28.8 Å². The summed E-state index contributed by atoms with van der Waals surface area (Å²) in [6, 6.07) is 6.49. The summed E-state index contributed by atoms with van der Waals surface area (Å²) < 4.78 is 25.1. The number of aliphatic hydroxyl groups is 1. The van der Waals surface area contributed by atoms with Gasteiger partial charge in [-0.3, -0.25) is 4.79 Å². The van der Waals surface area contributed by atoms with E-state index in [0.717, 1.165) is 0 Å². The number of nitrogens with one attached hydrogen (secondary N) is 2. The lowest BCUT2D eigenvalue weighted by atomic mass is 10.1. The molecule has 0 bridgehead atoms. The number of carbonyl (C=O) groups excluding carboxylic acids is 1. The van der Waals surface area contributed by atoms with Crippen LogP contribution < -0.4 is 10.6 Å². The molecule has 4 nitrogen and oxygen atoms in total. The Hall–Kier alpha value is -2.02. The van der Waals surface area contributed by atoms with Crippen LogP contribution in [0.2, 0.25) is 0 Å². The van der Waals surface area contributed by atoms with Gasteiger partial charge in [0.25, 0.3) is 5.91 Å². The Labute approximate surface area is 125 Å². The topological polar surface area (TPSA) is 61.4 Å². The van der Waals surface area contributed by atoms with Crippen LogP contribution >= 0.6 is 12.2 Å². The Bertz CT molecular complexity index is 602. The second-order valence-electron chi connectivity index (χ2n) is 4.53. The molecular formula is C14H14F2N2O2S. The highest BCUT2D eigenvalue weighted by Crippen LogP contribution is 2.21. The maximum absolute atomic E-state index is 12.5. The fourth-order valence-corrected chi connectivity index (χ4v) is 2.36. The highest BCUT2D eigenvalue weighted by atomic mass is 32.1. The van der Waals surface area contributed by atoms with Gasteiger partial charge in [0.2, 0.25) is 6.43 Å². The molecule has 7 heteroatoms. The molecule has 0 saturated carbocycles. The molecule has 1 aromatic carbocycles. The van der Waals surface area contributed by atoms with Crippen molar-refractivity contribution in [1.29, 1.82) is 0 Å². The minimum absolute atomic E-state index is 0.0110. The zero-order valence-corrected chi connectivity index (χ0v) is 11.8. The summed E-state index contributed by atoms with van der Waals surface area (Å²) in [5, 5.41) is 15.1. The Morgan fingerprint density at radius 3 is 2.81 bits per heavy atom. The van der Waals surface area contributed by atoms with Crippen molar-refractivity contribution in [2.75, 3.05) is 11.9 Å². The van der Waals surface area contributed by atoms with Gasteiger partial charge in [-0.05, 0) is 11.6 Å². The van der Waals surface area contributed by atoms with Gasteiger partial charge in [-0.2, -0.15) is 0 Å². The number of benzene rings is 1. The highest BCUT2D eigenvalue weighted by Gasteiger charge is 2.24. The number of hydrogen-bond acceptors (Lipinski definition) is 3. The van der Waals surface area contributed by atoms with E-state index < -0.39 is 18.8 Å². The second kappa shape index (κ2) is 6.62. The van der Waals surface area contributed by atoms with E-state index in [0.29, 0.717) is 24.2 Å². The molecule has 1 aromatic rings. The van der Waals surface area contributed by atoms with Crippen LogP contribution in [0, 0.1) is 0 Å². The first kappa shape index (κ1) is 15.4. The molecule has 21 heavy (non-hydrogen) atoms. The lowest BCUT2D eigenvalue weighted by Gasteiger charge is -2.19. The van der Waals surface area contributed by atoms with Gasteiger partial charge < -0.3 is 15.7 Å². The number of amides is 1. The fraction of sp³-hybridized carbons (Fsp3) is 0.286. The van der Waals surface area contributed by atoms with Crippen molar-refractivity contribution in [3.63, 3.8) is 0 Å². The molecule has 0 aliphatic carbocycles. The molecule has 1 heterocycles. The van der Waals surface area contributed by atoms with Crippen molar-refractivity contribution < 1.29 is 18.7 Å². The van der Waals surface area contributed by atoms with Crippen molar-refractivity contribution in [2.45, 2.75) is 19.3 Å². The van der Waals surface area contributed by atoms with Crippen LogP contribution in [0.5, 0.6) is 0 Å². The van der Waals surface area contributed by atoms with Crippen LogP contribution in [0.4, 0.5) is 14.5 Å². The van der Waals surface area contributed by atoms with Crippen molar-refractivity contribution in [2.24, 2.45) is 0 Å². The van der Waals surface area contributed by atoms with Crippen molar-refractivity contribution in [1.82, 2.24) is 5.32 Å². The SMILES string of the molecule is O=C1NCCC(O)=C1C(=S)Nc1ccccc1CC(F)F. The zero-order valence-electron chi connectivity index (χ0n) is 11.0. The van der Waals surface area contributed by atoms with Gasteiger partial charge in [-0.25, -0.2) is 8.78 Å². The van der Waals surface area contributed by atoms with E-state index in [9.17, 15) is 18.7 Å². The average molecular weight is 312 g/mol. The lowest BCUT2D eigenvalue weighted by Crippen LogP contribution is -2.36. The molecule has 0 atom stereocenters. The number of hydrogen-bond donors (Lipinski definition) is 3. The van der Waals surface area contributed by atoms with E-state index in [-0.39, 0.29) is 16.3 Å². The van der Waals surface area contributed by atoms with Crippen LogP contribution in [0.15, 0.2) is 35.6 Å². The molecule has 0 saturated heterocycles. The third kappa shape index (κ3) is 3.75. The van der Waals surface area contributed by atoms with Gasteiger partial charge in [0.1, 0.15) is 16.3 Å². The number of carbonyl (C=O) groups is 1. The first-order chi connectivity index (χ1) is 9.99. The van der Waals surface area contributed by atoms with E-state index in [1.807, 2.05) is 0 Å². The van der Waals surface area contributed by atoms with E-state index in [4.69, 9.17) is 12.2 Å². The summed E-state index contributed by atoms with van der Waals surface area (Å²) in [5.41, 5.74) is 0.788. The van der Waals surface area contributed by atoms with Gasteiger partial charge in [0.15, 0.2) is 0 Å². The summed E-state index contributed by atoms with van der Waals surface area (Å²) in [6.07, 6.45) is -2.60. The minimum Gasteiger partial charge on any atom is -0.511 e. The zero-order chi connectivity index (χ0) is 15.4. The molecular weight excluding hydrogens is 298 g/mol. The lowest BCUT2D eigenvalue weighted by molar-refractivity contribution is -0.117. The maximum atomic E-state index is 12.5. The van der Waals surface area contributed by atoms with E-state index in [2.05, 4.69) is 10.6 Å². The van der Waals surface area contributed by atoms with E-state index in [1.54, 1.807) is 24.3 Å². The molecule has 1 aliphatic heterocycles. The highest BCUT2D eigenvalue weighted by molar-refractivity contribution is 7.81. The van der Waals surface area contributed by atoms with Gasteiger partial charge in [-0.15, -0.1) is 0 Å².